The lowest BCUT2D eigenvalue weighted by atomic mass is 10.1. The molecular weight excluding hydrogens is 404 g/mol. The highest BCUT2D eigenvalue weighted by atomic mass is 35.5. The van der Waals surface area contributed by atoms with Crippen LogP contribution in [0.5, 0.6) is 0 Å². The number of carbonyl (C=O) groups excluding carboxylic acids is 2. The first-order valence-corrected chi connectivity index (χ1v) is 11.3. The Kier molecular flexibility index (Phi) is 9.55. The van der Waals surface area contributed by atoms with Crippen molar-refractivity contribution in [3.8, 4) is 0 Å². The van der Waals surface area contributed by atoms with E-state index in [-0.39, 0.29) is 17.6 Å². The Labute approximate surface area is 183 Å². The maximum atomic E-state index is 13.2. The Bertz CT molecular complexity index is 798. The predicted octanol–water partition coefficient (Wildman–Crippen LogP) is 5.01. The first-order chi connectivity index (χ1) is 13.9. The number of carbonyl (C=O) groups is 2. The summed E-state index contributed by atoms with van der Waals surface area (Å²) < 4.78 is 0. The predicted molar refractivity (Wildman–Crippen MR) is 121 cm³/mol. The second kappa shape index (κ2) is 11.9. The van der Waals surface area contributed by atoms with Gasteiger partial charge in [0, 0.05) is 23.0 Å². The minimum absolute atomic E-state index is 0.0784. The van der Waals surface area contributed by atoms with Crippen LogP contribution in [0.3, 0.4) is 0 Å². The molecule has 29 heavy (non-hydrogen) atoms. The van der Waals surface area contributed by atoms with E-state index < -0.39 is 6.04 Å². The molecule has 2 aromatic carbocycles. The van der Waals surface area contributed by atoms with Gasteiger partial charge in [0.15, 0.2) is 0 Å². The van der Waals surface area contributed by atoms with E-state index in [9.17, 15) is 9.59 Å². The SMILES string of the molecule is CCC(C(=O)NCC(C)C)N(Cc1ccccc1Cl)C(=O)CSc1ccccc1. The molecule has 0 radical (unpaired) electrons. The maximum Gasteiger partial charge on any atom is 0.242 e. The largest absolute Gasteiger partial charge is 0.354 e. The zero-order valence-electron chi connectivity index (χ0n) is 17.2. The molecule has 4 nitrogen and oxygen atoms in total. The van der Waals surface area contributed by atoms with Crippen LogP contribution in [0.25, 0.3) is 0 Å². The Morgan fingerprint density at radius 2 is 1.72 bits per heavy atom. The fraction of sp³-hybridized carbons (Fsp3) is 0.391. The van der Waals surface area contributed by atoms with Crippen LogP contribution in [0.1, 0.15) is 32.8 Å². The van der Waals surface area contributed by atoms with Gasteiger partial charge in [0.1, 0.15) is 6.04 Å². The normalized spacial score (nSPS) is 11.9. The standard InChI is InChI=1S/C23H29ClN2O2S/c1-4-21(23(28)25-14-17(2)3)26(15-18-10-8-9-13-20(18)24)22(27)16-29-19-11-6-5-7-12-19/h5-13,17,21H,4,14-16H2,1-3H3,(H,25,28). The van der Waals surface area contributed by atoms with Crippen LogP contribution >= 0.6 is 23.4 Å². The number of thioether (sulfide) groups is 1. The highest BCUT2D eigenvalue weighted by Crippen LogP contribution is 2.22. The Morgan fingerprint density at radius 3 is 2.34 bits per heavy atom. The number of rotatable bonds is 10. The average molecular weight is 433 g/mol. The summed E-state index contributed by atoms with van der Waals surface area (Å²) in [6.45, 7) is 6.91. The lowest BCUT2D eigenvalue weighted by molar-refractivity contribution is -0.139. The summed E-state index contributed by atoms with van der Waals surface area (Å²) in [4.78, 5) is 28.7. The van der Waals surface area contributed by atoms with Crippen molar-refractivity contribution in [3.05, 3.63) is 65.2 Å². The quantitative estimate of drug-likeness (QED) is 0.537. The molecule has 2 amide bonds. The van der Waals surface area contributed by atoms with Gasteiger partial charge in [0.05, 0.1) is 5.75 Å². The number of benzene rings is 2. The molecule has 0 saturated heterocycles. The van der Waals surface area contributed by atoms with E-state index in [0.29, 0.717) is 30.5 Å². The van der Waals surface area contributed by atoms with Crippen molar-refractivity contribution in [2.75, 3.05) is 12.3 Å². The van der Waals surface area contributed by atoms with Gasteiger partial charge in [-0.15, -0.1) is 11.8 Å². The number of amides is 2. The number of nitrogens with zero attached hydrogens (tertiary/aromatic N) is 1. The number of hydrogen-bond donors (Lipinski definition) is 1. The lowest BCUT2D eigenvalue weighted by Gasteiger charge is -2.31. The fourth-order valence-corrected chi connectivity index (χ4v) is 3.90. The monoisotopic (exact) mass is 432 g/mol. The van der Waals surface area contributed by atoms with Crippen LogP contribution in [0.15, 0.2) is 59.5 Å². The number of nitrogens with one attached hydrogen (secondary N) is 1. The molecule has 0 bridgehead atoms. The summed E-state index contributed by atoms with van der Waals surface area (Å²) in [5.74, 6) is 0.414. The molecule has 1 N–H and O–H groups in total. The van der Waals surface area contributed by atoms with Crippen LogP contribution in [0.2, 0.25) is 5.02 Å². The molecule has 0 heterocycles. The first-order valence-electron chi connectivity index (χ1n) is 9.90. The van der Waals surface area contributed by atoms with Gasteiger partial charge in [0.25, 0.3) is 0 Å². The van der Waals surface area contributed by atoms with Gasteiger partial charge in [-0.25, -0.2) is 0 Å². The van der Waals surface area contributed by atoms with Crippen LogP contribution in [-0.2, 0) is 16.1 Å². The summed E-state index contributed by atoms with van der Waals surface area (Å²) in [6, 6.07) is 16.7. The average Bonchev–Trinajstić information content (AvgIpc) is 2.72. The van der Waals surface area contributed by atoms with Gasteiger partial charge >= 0.3 is 0 Å². The molecule has 1 atom stereocenters. The van der Waals surface area contributed by atoms with Crippen LogP contribution < -0.4 is 5.32 Å². The smallest absolute Gasteiger partial charge is 0.242 e. The van der Waals surface area contributed by atoms with Crippen molar-refractivity contribution in [1.29, 1.82) is 0 Å². The molecule has 0 saturated carbocycles. The van der Waals surface area contributed by atoms with Crippen molar-refractivity contribution < 1.29 is 9.59 Å². The second-order valence-electron chi connectivity index (χ2n) is 7.28. The number of halogens is 1. The molecule has 6 heteroatoms. The van der Waals surface area contributed by atoms with E-state index in [2.05, 4.69) is 5.32 Å². The Balaban J connectivity index is 2.19. The molecule has 0 aliphatic heterocycles. The van der Waals surface area contributed by atoms with Crippen molar-refractivity contribution in [2.45, 2.75) is 44.7 Å². The molecule has 1 unspecified atom stereocenters. The van der Waals surface area contributed by atoms with Gasteiger partial charge in [-0.05, 0) is 36.1 Å². The molecule has 0 aliphatic carbocycles. The summed E-state index contributed by atoms with van der Waals surface area (Å²) in [5.41, 5.74) is 0.835. The third kappa shape index (κ3) is 7.41. The van der Waals surface area contributed by atoms with E-state index in [0.717, 1.165) is 10.5 Å². The van der Waals surface area contributed by atoms with E-state index in [1.54, 1.807) is 11.0 Å². The Hall–Kier alpha value is -1.98. The molecule has 156 valence electrons. The summed E-state index contributed by atoms with van der Waals surface area (Å²) in [5, 5.41) is 3.57. The minimum Gasteiger partial charge on any atom is -0.354 e. The number of hydrogen-bond acceptors (Lipinski definition) is 3. The molecule has 2 aromatic rings. The summed E-state index contributed by atoms with van der Waals surface area (Å²) in [6.07, 6.45) is 0.538. The first kappa shape index (κ1) is 23.3. The van der Waals surface area contributed by atoms with E-state index in [1.165, 1.54) is 11.8 Å². The zero-order valence-corrected chi connectivity index (χ0v) is 18.8. The summed E-state index contributed by atoms with van der Waals surface area (Å²) in [7, 11) is 0. The van der Waals surface area contributed by atoms with Gasteiger partial charge in [-0.3, -0.25) is 9.59 Å². The van der Waals surface area contributed by atoms with E-state index >= 15 is 0 Å². The van der Waals surface area contributed by atoms with Crippen molar-refractivity contribution in [3.63, 3.8) is 0 Å². The highest BCUT2D eigenvalue weighted by molar-refractivity contribution is 8.00. The third-order valence-corrected chi connectivity index (χ3v) is 5.84. The van der Waals surface area contributed by atoms with Crippen molar-refractivity contribution >= 4 is 35.2 Å². The molecule has 0 aromatic heterocycles. The molecule has 0 aliphatic rings. The molecule has 2 rings (SSSR count). The second-order valence-corrected chi connectivity index (χ2v) is 8.73. The molecule has 0 fully saturated rings. The molecule has 0 spiro atoms. The maximum absolute atomic E-state index is 13.2. The van der Waals surface area contributed by atoms with E-state index in [1.807, 2.05) is 69.3 Å². The molecular formula is C23H29ClN2O2S. The van der Waals surface area contributed by atoms with Gasteiger partial charge < -0.3 is 10.2 Å². The summed E-state index contributed by atoms with van der Waals surface area (Å²) >= 11 is 7.81. The highest BCUT2D eigenvalue weighted by Gasteiger charge is 2.29. The van der Waals surface area contributed by atoms with Crippen molar-refractivity contribution in [1.82, 2.24) is 10.2 Å². The van der Waals surface area contributed by atoms with E-state index in [4.69, 9.17) is 11.6 Å². The van der Waals surface area contributed by atoms with Gasteiger partial charge in [-0.2, -0.15) is 0 Å². The fourth-order valence-electron chi connectivity index (χ4n) is 2.90. The van der Waals surface area contributed by atoms with Gasteiger partial charge in [0.2, 0.25) is 11.8 Å². The topological polar surface area (TPSA) is 49.4 Å². The third-order valence-electron chi connectivity index (χ3n) is 4.47. The Morgan fingerprint density at radius 1 is 1.07 bits per heavy atom. The van der Waals surface area contributed by atoms with Crippen LogP contribution in [-0.4, -0.2) is 35.1 Å². The van der Waals surface area contributed by atoms with Gasteiger partial charge in [-0.1, -0.05) is 68.8 Å². The zero-order chi connectivity index (χ0) is 21.2. The van der Waals surface area contributed by atoms with Crippen LogP contribution in [0.4, 0.5) is 0 Å². The minimum atomic E-state index is -0.533. The van der Waals surface area contributed by atoms with Crippen molar-refractivity contribution in [2.24, 2.45) is 5.92 Å². The lowest BCUT2D eigenvalue weighted by Crippen LogP contribution is -2.50. The van der Waals surface area contributed by atoms with Crippen LogP contribution in [0, 0.1) is 5.92 Å².